The molecule has 3 aromatic carbocycles. The predicted molar refractivity (Wildman–Crippen MR) is 126 cm³/mol. The van der Waals surface area contributed by atoms with Gasteiger partial charge in [-0.25, -0.2) is 10.4 Å². The Morgan fingerprint density at radius 2 is 1.77 bits per heavy atom. The van der Waals surface area contributed by atoms with Crippen molar-refractivity contribution in [2.24, 2.45) is 5.10 Å². The van der Waals surface area contributed by atoms with Crippen LogP contribution in [0.1, 0.15) is 53.6 Å². The van der Waals surface area contributed by atoms with E-state index in [1.807, 2.05) is 36.4 Å². The number of amides is 1. The first kappa shape index (κ1) is 20.5. The van der Waals surface area contributed by atoms with Crippen molar-refractivity contribution < 1.29 is 4.79 Å². The van der Waals surface area contributed by atoms with Crippen molar-refractivity contribution in [3.63, 3.8) is 0 Å². The van der Waals surface area contributed by atoms with E-state index in [0.717, 1.165) is 28.8 Å². The summed E-state index contributed by atoms with van der Waals surface area (Å²) in [6.07, 6.45) is 2.37. The molecule has 2 N–H and O–H groups in total. The maximum absolute atomic E-state index is 12.5. The summed E-state index contributed by atoms with van der Waals surface area (Å²) in [5, 5.41) is 4.10. The van der Waals surface area contributed by atoms with Gasteiger partial charge in [0.25, 0.3) is 5.91 Å². The SMILES string of the molecule is CC(C)(C)c1ccc(/C=N\NC(=O)c2ccc3nc(Cc4ccccc4)[nH]c3c2)cc1. The monoisotopic (exact) mass is 410 g/mol. The van der Waals surface area contributed by atoms with Crippen molar-refractivity contribution in [2.45, 2.75) is 32.6 Å². The van der Waals surface area contributed by atoms with Gasteiger partial charge in [-0.1, -0.05) is 75.4 Å². The smallest absolute Gasteiger partial charge is 0.271 e. The lowest BCUT2D eigenvalue weighted by Gasteiger charge is -2.18. The summed E-state index contributed by atoms with van der Waals surface area (Å²) in [4.78, 5) is 20.4. The number of aromatic amines is 1. The standard InChI is InChI=1S/C26H26N4O/c1-26(2,3)21-12-9-19(10-13-21)17-27-30-25(31)20-11-14-22-23(16-20)29-24(28-22)15-18-7-5-4-6-8-18/h4-14,16-17H,15H2,1-3H3,(H,28,29)(H,30,31)/b27-17-. The Bertz CT molecular complexity index is 1220. The lowest BCUT2D eigenvalue weighted by Crippen LogP contribution is -2.17. The highest BCUT2D eigenvalue weighted by Crippen LogP contribution is 2.21. The summed E-state index contributed by atoms with van der Waals surface area (Å²) in [6, 6.07) is 23.8. The van der Waals surface area contributed by atoms with Crippen molar-refractivity contribution >= 4 is 23.2 Å². The van der Waals surface area contributed by atoms with Crippen LogP contribution in [0.2, 0.25) is 0 Å². The third-order valence-electron chi connectivity index (χ3n) is 5.16. The molecule has 0 radical (unpaired) electrons. The van der Waals surface area contributed by atoms with Crippen LogP contribution in [0, 0.1) is 0 Å². The molecule has 5 heteroatoms. The van der Waals surface area contributed by atoms with Gasteiger partial charge >= 0.3 is 0 Å². The number of carbonyl (C=O) groups is 1. The third-order valence-corrected chi connectivity index (χ3v) is 5.16. The molecule has 1 aromatic heterocycles. The third kappa shape index (κ3) is 5.07. The average molecular weight is 411 g/mol. The predicted octanol–water partition coefficient (Wildman–Crippen LogP) is 5.22. The molecular formula is C26H26N4O. The Morgan fingerprint density at radius 1 is 1.03 bits per heavy atom. The van der Waals surface area contributed by atoms with Gasteiger partial charge in [0, 0.05) is 12.0 Å². The number of rotatable bonds is 5. The number of imidazole rings is 1. The van der Waals surface area contributed by atoms with E-state index >= 15 is 0 Å². The normalized spacial score (nSPS) is 11.8. The zero-order chi connectivity index (χ0) is 21.8. The highest BCUT2D eigenvalue weighted by molar-refractivity contribution is 5.97. The number of hydrazone groups is 1. The highest BCUT2D eigenvalue weighted by Gasteiger charge is 2.12. The Kier molecular flexibility index (Phi) is 5.67. The number of carbonyl (C=O) groups excluding carboxylic acids is 1. The Hall–Kier alpha value is -3.73. The fourth-order valence-electron chi connectivity index (χ4n) is 3.38. The summed E-state index contributed by atoms with van der Waals surface area (Å²) in [6.45, 7) is 6.53. The van der Waals surface area contributed by atoms with Crippen LogP contribution in [-0.2, 0) is 11.8 Å². The average Bonchev–Trinajstić information content (AvgIpc) is 3.15. The van der Waals surface area contributed by atoms with E-state index < -0.39 is 0 Å². The molecule has 4 rings (SSSR count). The fourth-order valence-corrected chi connectivity index (χ4v) is 3.38. The van der Waals surface area contributed by atoms with Crippen LogP contribution in [-0.4, -0.2) is 22.1 Å². The highest BCUT2D eigenvalue weighted by atomic mass is 16.2. The van der Waals surface area contributed by atoms with Gasteiger partial charge in [-0.2, -0.15) is 5.10 Å². The lowest BCUT2D eigenvalue weighted by atomic mass is 9.87. The van der Waals surface area contributed by atoms with Crippen molar-refractivity contribution in [2.75, 3.05) is 0 Å². The molecule has 31 heavy (non-hydrogen) atoms. The minimum atomic E-state index is -0.260. The maximum Gasteiger partial charge on any atom is 0.271 e. The molecule has 0 aliphatic rings. The minimum Gasteiger partial charge on any atom is -0.342 e. The molecule has 5 nitrogen and oxygen atoms in total. The fraction of sp³-hybridized carbons (Fsp3) is 0.192. The molecule has 156 valence electrons. The summed E-state index contributed by atoms with van der Waals surface area (Å²) in [5.74, 6) is 0.610. The molecule has 0 unspecified atom stereocenters. The van der Waals surface area contributed by atoms with Gasteiger partial charge in [0.15, 0.2) is 0 Å². The molecule has 0 spiro atoms. The van der Waals surface area contributed by atoms with E-state index in [1.165, 1.54) is 11.1 Å². The largest absolute Gasteiger partial charge is 0.342 e. The van der Waals surface area contributed by atoms with E-state index in [9.17, 15) is 4.79 Å². The molecule has 0 saturated carbocycles. The van der Waals surface area contributed by atoms with E-state index in [4.69, 9.17) is 0 Å². The molecule has 0 fully saturated rings. The van der Waals surface area contributed by atoms with Crippen molar-refractivity contribution in [1.82, 2.24) is 15.4 Å². The maximum atomic E-state index is 12.5. The number of hydrogen-bond acceptors (Lipinski definition) is 3. The number of nitrogens with zero attached hydrogens (tertiary/aromatic N) is 2. The Labute approximate surface area is 182 Å². The van der Waals surface area contributed by atoms with Gasteiger partial charge in [0.2, 0.25) is 0 Å². The van der Waals surface area contributed by atoms with E-state index in [2.05, 4.69) is 65.5 Å². The molecule has 0 aliphatic carbocycles. The van der Waals surface area contributed by atoms with Crippen molar-refractivity contribution in [3.05, 3.63) is 101 Å². The first-order chi connectivity index (χ1) is 14.9. The molecule has 0 aliphatic heterocycles. The first-order valence-corrected chi connectivity index (χ1v) is 10.3. The van der Waals surface area contributed by atoms with Crippen molar-refractivity contribution in [3.8, 4) is 0 Å². The second-order valence-corrected chi connectivity index (χ2v) is 8.65. The van der Waals surface area contributed by atoms with E-state index in [1.54, 1.807) is 18.3 Å². The number of benzene rings is 3. The van der Waals surface area contributed by atoms with Gasteiger partial charge in [0.1, 0.15) is 5.82 Å². The Balaban J connectivity index is 1.42. The number of hydrogen-bond donors (Lipinski definition) is 2. The number of fused-ring (bicyclic) bond motifs is 1. The van der Waals surface area contributed by atoms with Crippen LogP contribution >= 0.6 is 0 Å². The minimum absolute atomic E-state index is 0.107. The molecule has 4 aromatic rings. The number of aromatic nitrogens is 2. The second-order valence-electron chi connectivity index (χ2n) is 8.65. The first-order valence-electron chi connectivity index (χ1n) is 10.3. The molecule has 0 atom stereocenters. The van der Waals surface area contributed by atoms with Gasteiger partial charge < -0.3 is 4.98 Å². The van der Waals surface area contributed by atoms with Crippen molar-refractivity contribution in [1.29, 1.82) is 0 Å². The molecule has 0 bridgehead atoms. The van der Waals surface area contributed by atoms with Crippen LogP contribution in [0.5, 0.6) is 0 Å². The molecule has 1 heterocycles. The zero-order valence-electron chi connectivity index (χ0n) is 18.0. The van der Waals surface area contributed by atoms with E-state index in [-0.39, 0.29) is 11.3 Å². The van der Waals surface area contributed by atoms with Crippen LogP contribution in [0.4, 0.5) is 0 Å². The van der Waals surface area contributed by atoms with Gasteiger partial charge in [-0.15, -0.1) is 0 Å². The number of nitrogens with one attached hydrogen (secondary N) is 2. The summed E-state index contributed by atoms with van der Waals surface area (Å²) in [5.41, 5.74) is 8.28. The Morgan fingerprint density at radius 3 is 2.48 bits per heavy atom. The summed E-state index contributed by atoms with van der Waals surface area (Å²) >= 11 is 0. The quantitative estimate of drug-likeness (QED) is 0.350. The zero-order valence-corrected chi connectivity index (χ0v) is 18.0. The summed E-state index contributed by atoms with van der Waals surface area (Å²) in [7, 11) is 0. The second kappa shape index (κ2) is 8.56. The van der Waals surface area contributed by atoms with Gasteiger partial charge in [-0.05, 0) is 40.3 Å². The topological polar surface area (TPSA) is 70.1 Å². The summed E-state index contributed by atoms with van der Waals surface area (Å²) < 4.78 is 0. The van der Waals surface area contributed by atoms with Crippen LogP contribution in [0.15, 0.2) is 77.9 Å². The molecule has 0 saturated heterocycles. The van der Waals surface area contributed by atoms with Gasteiger partial charge in [-0.3, -0.25) is 4.79 Å². The van der Waals surface area contributed by atoms with Crippen LogP contribution in [0.3, 0.4) is 0 Å². The van der Waals surface area contributed by atoms with Crippen LogP contribution in [0.25, 0.3) is 11.0 Å². The molecule has 1 amide bonds. The van der Waals surface area contributed by atoms with Gasteiger partial charge in [0.05, 0.1) is 17.2 Å². The van der Waals surface area contributed by atoms with Crippen LogP contribution < -0.4 is 5.43 Å². The molecular weight excluding hydrogens is 384 g/mol. The lowest BCUT2D eigenvalue weighted by molar-refractivity contribution is 0.0955. The number of H-pyrrole nitrogens is 1. The van der Waals surface area contributed by atoms with E-state index in [0.29, 0.717) is 5.56 Å².